The molecule has 2 nitrogen and oxygen atoms in total. The van der Waals surface area contributed by atoms with Gasteiger partial charge in [-0.15, -0.1) is 0 Å². The van der Waals surface area contributed by atoms with Crippen molar-refractivity contribution in [2.75, 3.05) is 0 Å². The highest BCUT2D eigenvalue weighted by Crippen LogP contribution is 2.46. The third-order valence-electron chi connectivity index (χ3n) is 9.11. The third kappa shape index (κ3) is 3.47. The first kappa shape index (κ1) is 24.2. The molecule has 0 saturated carbocycles. The Kier molecular flexibility index (Phi) is 4.96. The van der Waals surface area contributed by atoms with Crippen molar-refractivity contribution in [1.82, 2.24) is 0 Å². The van der Waals surface area contributed by atoms with Crippen LogP contribution in [0.1, 0.15) is 36.1 Å². The zero-order valence-electron chi connectivity index (χ0n) is 23.3. The van der Waals surface area contributed by atoms with Crippen LogP contribution < -0.4 is 0 Å². The molecule has 0 heterocycles. The van der Waals surface area contributed by atoms with Gasteiger partial charge in [0.05, 0.1) is 5.60 Å². The van der Waals surface area contributed by atoms with Gasteiger partial charge in [0.25, 0.3) is 0 Å². The van der Waals surface area contributed by atoms with Crippen molar-refractivity contribution < 1.29 is 10.2 Å². The van der Waals surface area contributed by atoms with E-state index >= 15 is 0 Å². The lowest BCUT2D eigenvalue weighted by molar-refractivity contribution is 0.0792. The molecular weight excluding hydrogens is 500 g/mol. The van der Waals surface area contributed by atoms with Gasteiger partial charge in [-0.1, -0.05) is 91.5 Å². The van der Waals surface area contributed by atoms with Gasteiger partial charge >= 0.3 is 0 Å². The van der Waals surface area contributed by atoms with E-state index in [4.69, 9.17) is 0 Å². The Hall–Kier alpha value is -4.66. The van der Waals surface area contributed by atoms with Crippen molar-refractivity contribution in [1.29, 1.82) is 0 Å². The minimum atomic E-state index is -1.13. The van der Waals surface area contributed by atoms with Crippen LogP contribution in [0.15, 0.2) is 104 Å². The summed E-state index contributed by atoms with van der Waals surface area (Å²) in [6.45, 7) is 7.67. The van der Waals surface area contributed by atoms with Gasteiger partial charge in [-0.25, -0.2) is 0 Å². The van der Waals surface area contributed by atoms with E-state index in [1.807, 2.05) is 19.9 Å². The first-order valence-corrected chi connectivity index (χ1v) is 14.3. The van der Waals surface area contributed by atoms with E-state index in [-0.39, 0.29) is 5.76 Å². The number of aryl methyl sites for hydroxylation is 2. The van der Waals surface area contributed by atoms with Crippen LogP contribution in [-0.4, -0.2) is 10.2 Å². The summed E-state index contributed by atoms with van der Waals surface area (Å²) in [5.41, 5.74) is 6.97. The first-order valence-electron chi connectivity index (χ1n) is 14.3. The molecule has 198 valence electrons. The normalized spacial score (nSPS) is 13.2. The molecule has 0 fully saturated rings. The van der Waals surface area contributed by atoms with E-state index in [0.29, 0.717) is 5.56 Å². The molecule has 1 aliphatic rings. The fourth-order valence-corrected chi connectivity index (χ4v) is 7.24. The lowest BCUT2D eigenvalue weighted by atomic mass is 9.81. The molecule has 0 spiro atoms. The average molecular weight is 531 g/mol. The minimum Gasteiger partial charge on any atom is -0.508 e. The van der Waals surface area contributed by atoms with Crippen LogP contribution in [-0.2, 0) is 18.4 Å². The van der Waals surface area contributed by atoms with Gasteiger partial charge in [-0.3, -0.25) is 0 Å². The summed E-state index contributed by atoms with van der Waals surface area (Å²) in [5, 5.41) is 32.3. The van der Waals surface area contributed by atoms with E-state index in [1.54, 1.807) is 0 Å². The molecule has 41 heavy (non-hydrogen) atoms. The zero-order chi connectivity index (χ0) is 28.0. The predicted molar refractivity (Wildman–Crippen MR) is 173 cm³/mol. The highest BCUT2D eigenvalue weighted by Gasteiger charge is 2.27. The average Bonchev–Trinajstić information content (AvgIpc) is 3.40. The fourth-order valence-electron chi connectivity index (χ4n) is 7.24. The molecule has 7 aromatic rings. The largest absolute Gasteiger partial charge is 0.508 e. The van der Waals surface area contributed by atoms with Gasteiger partial charge in [0.1, 0.15) is 5.76 Å². The smallest absolute Gasteiger partial charge is 0.116 e. The van der Waals surface area contributed by atoms with E-state index in [0.717, 1.165) is 46.0 Å². The molecule has 1 aliphatic carbocycles. The van der Waals surface area contributed by atoms with E-state index in [9.17, 15) is 10.2 Å². The second-order valence-corrected chi connectivity index (χ2v) is 12.0. The molecule has 0 radical (unpaired) electrons. The molecule has 0 unspecified atom stereocenters. The number of rotatable bonds is 4. The Morgan fingerprint density at radius 3 is 1.93 bits per heavy atom. The van der Waals surface area contributed by atoms with Crippen molar-refractivity contribution in [3.8, 4) is 22.3 Å². The van der Waals surface area contributed by atoms with E-state index in [2.05, 4.69) is 97.6 Å². The zero-order valence-corrected chi connectivity index (χ0v) is 23.3. The maximum absolute atomic E-state index is 11.6. The van der Waals surface area contributed by atoms with Gasteiger partial charge < -0.3 is 10.2 Å². The minimum absolute atomic E-state index is 0.0181. The fraction of sp³-hybridized carbons (Fsp3) is 0.128. The van der Waals surface area contributed by atoms with Crippen LogP contribution in [0.25, 0.3) is 71.1 Å². The van der Waals surface area contributed by atoms with Crippen molar-refractivity contribution in [3.05, 3.63) is 126 Å². The lowest BCUT2D eigenvalue weighted by Crippen LogP contribution is -2.17. The van der Waals surface area contributed by atoms with E-state index in [1.165, 1.54) is 48.8 Å². The second kappa shape index (κ2) is 8.42. The maximum atomic E-state index is 11.6. The van der Waals surface area contributed by atoms with Crippen LogP contribution in [0, 0.1) is 0 Å². The number of aliphatic hydroxyl groups is 2. The van der Waals surface area contributed by atoms with Gasteiger partial charge in [0, 0.05) is 5.56 Å². The molecule has 8 rings (SSSR count). The summed E-state index contributed by atoms with van der Waals surface area (Å²) in [6.07, 6.45) is 2.11. The summed E-state index contributed by atoms with van der Waals surface area (Å²) < 4.78 is 0. The predicted octanol–water partition coefficient (Wildman–Crippen LogP) is 9.93. The molecule has 7 aromatic carbocycles. The van der Waals surface area contributed by atoms with Crippen molar-refractivity contribution >= 4 is 48.8 Å². The Labute approximate surface area is 239 Å². The van der Waals surface area contributed by atoms with Crippen molar-refractivity contribution in [3.63, 3.8) is 0 Å². The van der Waals surface area contributed by atoms with Crippen molar-refractivity contribution in [2.45, 2.75) is 32.3 Å². The molecule has 2 N–H and O–H groups in total. The Balaban J connectivity index is 1.46. The molecule has 0 saturated heterocycles. The number of aliphatic hydroxyl groups excluding tert-OH is 1. The topological polar surface area (TPSA) is 40.5 Å². The van der Waals surface area contributed by atoms with Crippen LogP contribution in [0.3, 0.4) is 0 Å². The first-order chi connectivity index (χ1) is 19.8. The quantitative estimate of drug-likeness (QED) is 0.176. The number of hydrogen-bond acceptors (Lipinski definition) is 2. The van der Waals surface area contributed by atoms with Crippen LogP contribution in [0.5, 0.6) is 0 Å². The highest BCUT2D eigenvalue weighted by atomic mass is 16.3. The van der Waals surface area contributed by atoms with Gasteiger partial charge in [0.15, 0.2) is 0 Å². The molecular formula is C39H30O2. The Morgan fingerprint density at radius 1 is 0.610 bits per heavy atom. The number of hydrogen-bond donors (Lipinski definition) is 2. The summed E-state index contributed by atoms with van der Waals surface area (Å²) in [5.74, 6) is 0.0181. The second-order valence-electron chi connectivity index (χ2n) is 12.0. The summed E-state index contributed by atoms with van der Waals surface area (Å²) in [6, 6.07) is 34.5. The lowest BCUT2D eigenvalue weighted by Gasteiger charge is -2.26. The molecule has 2 heteroatoms. The Bertz CT molecular complexity index is 2180. The summed E-state index contributed by atoms with van der Waals surface area (Å²) >= 11 is 0. The van der Waals surface area contributed by atoms with Crippen LogP contribution >= 0.6 is 0 Å². The molecule has 0 aromatic heterocycles. The molecule has 0 amide bonds. The molecule has 0 aliphatic heterocycles. The monoisotopic (exact) mass is 530 g/mol. The standard InChI is InChI=1S/C39H30O2/c1-22(40)32-20-34(29-18-15-27-13-11-24-6-4-7-25-16-19-31(29)38(27)37(24)25)35(39(2,3)41)21-33(32)28-17-14-26-12-10-23-8-5-9-30(28)36(23)26/h4-9,11,13-21,40-41H,1,10,12H2,2-3H3. The Morgan fingerprint density at radius 2 is 1.20 bits per heavy atom. The molecule has 0 bridgehead atoms. The third-order valence-corrected chi connectivity index (χ3v) is 9.11. The summed E-state index contributed by atoms with van der Waals surface area (Å²) in [4.78, 5) is 0. The maximum Gasteiger partial charge on any atom is 0.116 e. The van der Waals surface area contributed by atoms with Gasteiger partial charge in [-0.05, 0) is 121 Å². The van der Waals surface area contributed by atoms with Crippen LogP contribution in [0.4, 0.5) is 0 Å². The van der Waals surface area contributed by atoms with E-state index < -0.39 is 5.60 Å². The van der Waals surface area contributed by atoms with Crippen molar-refractivity contribution in [2.24, 2.45) is 0 Å². The highest BCUT2D eigenvalue weighted by molar-refractivity contribution is 6.25. The van der Waals surface area contributed by atoms with Gasteiger partial charge in [0.2, 0.25) is 0 Å². The summed E-state index contributed by atoms with van der Waals surface area (Å²) in [7, 11) is 0. The SMILES string of the molecule is C=C(O)c1cc(-c2ccc3ccc4cccc5ccc2c3c45)c(C(C)(C)O)cc1-c1ccc2c3c(cccc13)CC2. The van der Waals surface area contributed by atoms with Crippen LogP contribution in [0.2, 0.25) is 0 Å². The number of benzene rings is 7. The van der Waals surface area contributed by atoms with Gasteiger partial charge in [-0.2, -0.15) is 0 Å². The molecule has 0 atom stereocenters.